The summed E-state index contributed by atoms with van der Waals surface area (Å²) in [6.07, 6.45) is -1.02. The Bertz CT molecular complexity index is 630. The molecule has 1 aromatic carbocycles. The molecule has 5 heteroatoms. The summed E-state index contributed by atoms with van der Waals surface area (Å²) in [5.74, 6) is 0. The highest BCUT2D eigenvalue weighted by Crippen LogP contribution is 2.29. The van der Waals surface area contributed by atoms with E-state index in [1.807, 2.05) is 30.3 Å². The van der Waals surface area contributed by atoms with Crippen molar-refractivity contribution in [3.63, 3.8) is 0 Å². The molecule has 0 aliphatic rings. The zero-order chi connectivity index (χ0) is 13.1. The van der Waals surface area contributed by atoms with Gasteiger partial charge in [0.05, 0.1) is 17.3 Å². The van der Waals surface area contributed by atoms with E-state index in [1.54, 1.807) is 5.38 Å². The minimum absolute atomic E-state index is 0.0982. The first kappa shape index (κ1) is 13.0. The molecule has 1 atom stereocenters. The van der Waals surface area contributed by atoms with Crippen LogP contribution in [0.4, 0.5) is 0 Å². The topological polar surface area (TPSA) is 56.9 Å². The number of thiazole rings is 1. The number of hydrogen-bond donors (Lipinski definition) is 1. The highest BCUT2D eigenvalue weighted by atomic mass is 79.9. The molecule has 0 fully saturated rings. The molecule has 0 bridgehead atoms. The molecule has 90 valence electrons. The van der Waals surface area contributed by atoms with Crippen LogP contribution in [0.15, 0.2) is 46.3 Å². The predicted molar refractivity (Wildman–Crippen MR) is 75.0 cm³/mol. The van der Waals surface area contributed by atoms with Crippen LogP contribution >= 0.6 is 27.3 Å². The largest absolute Gasteiger partial charge is 0.381 e. The lowest BCUT2D eigenvalue weighted by atomic mass is 10.1. The number of nitrogens with zero attached hydrogens (tertiary/aromatic N) is 2. The van der Waals surface area contributed by atoms with Crippen molar-refractivity contribution in [2.24, 2.45) is 0 Å². The highest BCUT2D eigenvalue weighted by Gasteiger charge is 2.15. The molecule has 2 rings (SSSR count). The van der Waals surface area contributed by atoms with Gasteiger partial charge in [-0.2, -0.15) is 5.26 Å². The quantitative estimate of drug-likeness (QED) is 0.877. The Morgan fingerprint density at radius 3 is 3.00 bits per heavy atom. The Morgan fingerprint density at radius 1 is 1.56 bits per heavy atom. The van der Waals surface area contributed by atoms with E-state index in [0.717, 1.165) is 15.0 Å². The van der Waals surface area contributed by atoms with Crippen molar-refractivity contribution in [3.8, 4) is 16.6 Å². The van der Waals surface area contributed by atoms with E-state index in [9.17, 15) is 5.11 Å². The number of benzene rings is 1. The lowest BCUT2D eigenvalue weighted by Gasteiger charge is -2.03. The maximum Gasteiger partial charge on any atom is 0.131 e. The fraction of sp³-hybridized carbons (Fsp3) is 0.0769. The van der Waals surface area contributed by atoms with Gasteiger partial charge in [-0.15, -0.1) is 11.3 Å². The van der Waals surface area contributed by atoms with Gasteiger partial charge in [-0.1, -0.05) is 34.6 Å². The van der Waals surface area contributed by atoms with Gasteiger partial charge in [0.25, 0.3) is 0 Å². The van der Waals surface area contributed by atoms with Gasteiger partial charge in [-0.3, -0.25) is 0 Å². The minimum atomic E-state index is -1.02. The standard InChI is InChI=1S/C13H9BrN2OS/c1-8(6-15)12(17)11-7-18-13(16-11)9-3-2-4-10(14)5-9/h2-5,7,12,17H,1H2. The SMILES string of the molecule is C=C(C#N)C(O)c1csc(-c2cccc(Br)c2)n1. The van der Waals surface area contributed by atoms with Crippen LogP contribution in [0.3, 0.4) is 0 Å². The van der Waals surface area contributed by atoms with Crippen LogP contribution in [-0.2, 0) is 0 Å². The Hall–Kier alpha value is -1.48. The molecular weight excluding hydrogens is 312 g/mol. The maximum atomic E-state index is 9.82. The molecule has 0 aliphatic heterocycles. The molecule has 18 heavy (non-hydrogen) atoms. The van der Waals surface area contributed by atoms with Crippen molar-refractivity contribution < 1.29 is 5.11 Å². The summed E-state index contributed by atoms with van der Waals surface area (Å²) >= 11 is 4.82. The van der Waals surface area contributed by atoms with Gasteiger partial charge in [0.15, 0.2) is 0 Å². The van der Waals surface area contributed by atoms with Gasteiger partial charge in [0.1, 0.15) is 11.1 Å². The number of halogens is 1. The Labute approximate surface area is 117 Å². The average molecular weight is 321 g/mol. The summed E-state index contributed by atoms with van der Waals surface area (Å²) in [4.78, 5) is 4.33. The molecule has 0 spiro atoms. The lowest BCUT2D eigenvalue weighted by molar-refractivity contribution is 0.217. The molecule has 2 aromatic rings. The summed E-state index contributed by atoms with van der Waals surface area (Å²) in [7, 11) is 0. The van der Waals surface area contributed by atoms with E-state index >= 15 is 0 Å². The van der Waals surface area contributed by atoms with Crippen LogP contribution in [0, 0.1) is 11.3 Å². The number of nitriles is 1. The molecule has 0 saturated heterocycles. The molecule has 3 nitrogen and oxygen atoms in total. The third-order valence-corrected chi connectivity index (χ3v) is 3.75. The Balaban J connectivity index is 2.32. The number of aliphatic hydroxyl groups excluding tert-OH is 1. The van der Waals surface area contributed by atoms with Crippen molar-refractivity contribution in [3.05, 3.63) is 52.0 Å². The summed E-state index contributed by atoms with van der Waals surface area (Å²) < 4.78 is 0.971. The van der Waals surface area contributed by atoms with E-state index in [1.165, 1.54) is 11.3 Å². The number of rotatable bonds is 3. The summed E-state index contributed by atoms with van der Waals surface area (Å²) in [6, 6.07) is 9.59. The third kappa shape index (κ3) is 2.67. The van der Waals surface area contributed by atoms with Gasteiger partial charge < -0.3 is 5.11 Å². The van der Waals surface area contributed by atoms with Crippen LogP contribution in [0.1, 0.15) is 11.8 Å². The van der Waals surface area contributed by atoms with Crippen LogP contribution in [-0.4, -0.2) is 10.1 Å². The van der Waals surface area contributed by atoms with E-state index < -0.39 is 6.10 Å². The van der Waals surface area contributed by atoms with Gasteiger partial charge in [0, 0.05) is 15.4 Å². The smallest absolute Gasteiger partial charge is 0.131 e. The third-order valence-electron chi connectivity index (χ3n) is 2.35. The molecule has 1 aromatic heterocycles. The summed E-state index contributed by atoms with van der Waals surface area (Å²) in [6.45, 7) is 3.49. The van der Waals surface area contributed by atoms with E-state index in [2.05, 4.69) is 27.5 Å². The molecule has 1 unspecified atom stereocenters. The monoisotopic (exact) mass is 320 g/mol. The van der Waals surface area contributed by atoms with Gasteiger partial charge >= 0.3 is 0 Å². The van der Waals surface area contributed by atoms with Gasteiger partial charge in [-0.25, -0.2) is 4.98 Å². The molecule has 0 saturated carbocycles. The van der Waals surface area contributed by atoms with E-state index in [-0.39, 0.29) is 5.57 Å². The molecular formula is C13H9BrN2OS. The second kappa shape index (κ2) is 5.44. The summed E-state index contributed by atoms with van der Waals surface area (Å²) in [5, 5.41) is 21.0. The van der Waals surface area contributed by atoms with Crippen LogP contribution < -0.4 is 0 Å². The van der Waals surface area contributed by atoms with Gasteiger partial charge in [0.2, 0.25) is 0 Å². The average Bonchev–Trinajstić information content (AvgIpc) is 2.86. The molecule has 1 N–H and O–H groups in total. The zero-order valence-corrected chi connectivity index (χ0v) is 11.7. The van der Waals surface area contributed by atoms with Crippen molar-refractivity contribution in [1.29, 1.82) is 5.26 Å². The Kier molecular flexibility index (Phi) is 3.92. The number of hydrogen-bond acceptors (Lipinski definition) is 4. The molecule has 1 heterocycles. The van der Waals surface area contributed by atoms with Crippen molar-refractivity contribution in [2.45, 2.75) is 6.10 Å². The highest BCUT2D eigenvalue weighted by molar-refractivity contribution is 9.10. The first-order valence-corrected chi connectivity index (χ1v) is 6.77. The fourth-order valence-electron chi connectivity index (χ4n) is 1.41. The van der Waals surface area contributed by atoms with Crippen molar-refractivity contribution in [2.75, 3.05) is 0 Å². The minimum Gasteiger partial charge on any atom is -0.381 e. The molecule has 0 radical (unpaired) electrons. The van der Waals surface area contributed by atoms with Gasteiger partial charge in [-0.05, 0) is 12.1 Å². The van der Waals surface area contributed by atoms with E-state index in [4.69, 9.17) is 5.26 Å². The molecule has 0 amide bonds. The maximum absolute atomic E-state index is 9.82. The fourth-order valence-corrected chi connectivity index (χ4v) is 2.64. The van der Waals surface area contributed by atoms with Crippen LogP contribution in [0.25, 0.3) is 10.6 Å². The van der Waals surface area contributed by atoms with Crippen molar-refractivity contribution >= 4 is 27.3 Å². The normalized spacial score (nSPS) is 11.8. The predicted octanol–water partition coefficient (Wildman–Crippen LogP) is 3.69. The first-order valence-electron chi connectivity index (χ1n) is 5.10. The van der Waals surface area contributed by atoms with E-state index in [0.29, 0.717) is 5.69 Å². The second-order valence-corrected chi connectivity index (χ2v) is 5.40. The van der Waals surface area contributed by atoms with Crippen LogP contribution in [0.5, 0.6) is 0 Å². The number of aromatic nitrogens is 1. The first-order chi connectivity index (χ1) is 8.61. The molecule has 0 aliphatic carbocycles. The number of aliphatic hydroxyl groups is 1. The lowest BCUT2D eigenvalue weighted by Crippen LogP contribution is -1.99. The van der Waals surface area contributed by atoms with Crippen LogP contribution in [0.2, 0.25) is 0 Å². The zero-order valence-electron chi connectivity index (χ0n) is 9.30. The Morgan fingerprint density at radius 2 is 2.33 bits per heavy atom. The van der Waals surface area contributed by atoms with Crippen molar-refractivity contribution in [1.82, 2.24) is 4.98 Å². The summed E-state index contributed by atoms with van der Waals surface area (Å²) in [5.41, 5.74) is 1.53. The second-order valence-electron chi connectivity index (χ2n) is 3.63.